The van der Waals surface area contributed by atoms with E-state index in [9.17, 15) is 0 Å². The van der Waals surface area contributed by atoms with E-state index in [4.69, 9.17) is 0 Å². The van der Waals surface area contributed by atoms with Gasteiger partial charge in [-0.3, -0.25) is 0 Å². The van der Waals surface area contributed by atoms with E-state index in [1.54, 1.807) is 19.7 Å². The fourth-order valence-corrected chi connectivity index (χ4v) is 4.22. The Hall–Kier alpha value is -0.456. The molecule has 0 radical (unpaired) electrons. The molecule has 0 spiro atoms. The number of allylic oxidation sites excluding steroid dienone is 8. The zero-order valence-electron chi connectivity index (χ0n) is 10.0. The number of rotatable bonds is 2. The molecule has 0 N–H and O–H groups in total. The first-order chi connectivity index (χ1) is 7.09. The molecule has 0 atom stereocenters. The molecular formula is C14H18V. The molecule has 79 valence electrons. The van der Waals surface area contributed by atoms with Crippen LogP contribution in [0.3, 0.4) is 0 Å². The van der Waals surface area contributed by atoms with Crippen molar-refractivity contribution in [3.05, 3.63) is 43.0 Å². The van der Waals surface area contributed by atoms with Crippen molar-refractivity contribution in [3.8, 4) is 0 Å². The summed E-state index contributed by atoms with van der Waals surface area (Å²) in [5.74, 6) is 0. The molecule has 0 aliphatic heterocycles. The number of hydrogen-bond donors (Lipinski definition) is 0. The second kappa shape index (κ2) is 4.19. The molecule has 2 aliphatic carbocycles. The minimum atomic E-state index is 0.238. The summed E-state index contributed by atoms with van der Waals surface area (Å²) in [4.78, 5) is 0. The van der Waals surface area contributed by atoms with Gasteiger partial charge in [-0.2, -0.15) is 0 Å². The summed E-state index contributed by atoms with van der Waals surface area (Å²) in [5, 5.41) is 0. The van der Waals surface area contributed by atoms with Gasteiger partial charge in [0.05, 0.1) is 0 Å². The van der Waals surface area contributed by atoms with Crippen LogP contribution in [0.5, 0.6) is 0 Å². The standard InChI is InChI=1S/2C7H9.V/c2*1-6-3-4-7(2)5-6;/h2*3H,4H2,1-2H3;. The van der Waals surface area contributed by atoms with Crippen molar-refractivity contribution in [2.45, 2.75) is 40.5 Å². The van der Waals surface area contributed by atoms with Crippen molar-refractivity contribution in [2.75, 3.05) is 0 Å². The molecule has 0 heterocycles. The van der Waals surface area contributed by atoms with Crippen LogP contribution < -0.4 is 0 Å². The fraction of sp³-hybridized carbons (Fsp3) is 0.429. The first-order valence-electron chi connectivity index (χ1n) is 5.55. The van der Waals surface area contributed by atoms with Crippen molar-refractivity contribution < 1.29 is 16.3 Å². The van der Waals surface area contributed by atoms with E-state index < -0.39 is 0 Å². The Morgan fingerprint density at radius 1 is 0.800 bits per heavy atom. The van der Waals surface area contributed by atoms with Crippen LogP contribution in [0.25, 0.3) is 0 Å². The molecule has 2 aliphatic rings. The second-order valence-corrected chi connectivity index (χ2v) is 6.30. The van der Waals surface area contributed by atoms with Crippen LogP contribution in [0.15, 0.2) is 43.0 Å². The van der Waals surface area contributed by atoms with Crippen LogP contribution in [0.4, 0.5) is 0 Å². The van der Waals surface area contributed by atoms with E-state index in [1.807, 2.05) is 0 Å². The van der Waals surface area contributed by atoms with Crippen LogP contribution in [0.2, 0.25) is 0 Å². The molecule has 0 aromatic carbocycles. The molecule has 0 amide bonds. The van der Waals surface area contributed by atoms with Crippen LogP contribution in [-0.2, 0) is 16.3 Å². The Kier molecular flexibility index (Phi) is 3.09. The molecule has 0 nitrogen and oxygen atoms in total. The molecule has 0 saturated heterocycles. The van der Waals surface area contributed by atoms with Crippen LogP contribution in [0.1, 0.15) is 40.5 Å². The van der Waals surface area contributed by atoms with E-state index >= 15 is 0 Å². The molecular weight excluding hydrogens is 219 g/mol. The van der Waals surface area contributed by atoms with Crippen LogP contribution in [-0.4, -0.2) is 0 Å². The van der Waals surface area contributed by atoms with Crippen LogP contribution >= 0.6 is 0 Å². The maximum atomic E-state index is 2.38. The third-order valence-corrected chi connectivity index (χ3v) is 6.20. The van der Waals surface area contributed by atoms with E-state index in [2.05, 4.69) is 39.8 Å². The summed E-state index contributed by atoms with van der Waals surface area (Å²) < 4.78 is 3.35. The fourth-order valence-electron chi connectivity index (χ4n) is 2.15. The van der Waals surface area contributed by atoms with Gasteiger partial charge in [0.1, 0.15) is 0 Å². The minimum absolute atomic E-state index is 0.238. The Labute approximate surface area is 99.9 Å². The first-order valence-corrected chi connectivity index (χ1v) is 6.94. The van der Waals surface area contributed by atoms with Gasteiger partial charge in [0.15, 0.2) is 0 Å². The van der Waals surface area contributed by atoms with Gasteiger partial charge < -0.3 is 0 Å². The third-order valence-electron chi connectivity index (χ3n) is 3.21. The van der Waals surface area contributed by atoms with Gasteiger partial charge in [-0.15, -0.1) is 0 Å². The SMILES string of the molecule is CC1=CCC(C)=[C]1[V][C]1=C(C)CC=C1C. The molecule has 0 aromatic rings. The zero-order chi connectivity index (χ0) is 11.0. The van der Waals surface area contributed by atoms with Gasteiger partial charge in [-0.25, -0.2) is 0 Å². The van der Waals surface area contributed by atoms with Crippen molar-refractivity contribution in [3.63, 3.8) is 0 Å². The van der Waals surface area contributed by atoms with Gasteiger partial charge in [-0.05, 0) is 0 Å². The van der Waals surface area contributed by atoms with Gasteiger partial charge in [-0.1, -0.05) is 0 Å². The Bertz CT molecular complexity index is 377. The molecule has 1 heteroatoms. The summed E-state index contributed by atoms with van der Waals surface area (Å²) >= 11 is 0.238. The summed E-state index contributed by atoms with van der Waals surface area (Å²) in [7, 11) is 0. The van der Waals surface area contributed by atoms with Crippen molar-refractivity contribution in [1.82, 2.24) is 0 Å². The molecule has 0 unspecified atom stereocenters. The average Bonchev–Trinajstić information content (AvgIpc) is 2.67. The molecule has 0 fully saturated rings. The topological polar surface area (TPSA) is 0 Å². The average molecular weight is 237 g/mol. The predicted octanol–water partition coefficient (Wildman–Crippen LogP) is 4.32. The third kappa shape index (κ3) is 2.07. The normalized spacial score (nSPS) is 21.1. The van der Waals surface area contributed by atoms with E-state index in [0.717, 1.165) is 0 Å². The molecule has 0 bridgehead atoms. The number of hydrogen-bond acceptors (Lipinski definition) is 0. The Balaban J connectivity index is 2.24. The van der Waals surface area contributed by atoms with Gasteiger partial charge in [0.25, 0.3) is 0 Å². The van der Waals surface area contributed by atoms with E-state index in [1.165, 1.54) is 24.0 Å². The zero-order valence-corrected chi connectivity index (χ0v) is 11.4. The summed E-state index contributed by atoms with van der Waals surface area (Å²) in [6.45, 7) is 9.13. The summed E-state index contributed by atoms with van der Waals surface area (Å²) in [6, 6.07) is 0. The van der Waals surface area contributed by atoms with Gasteiger partial charge in [0.2, 0.25) is 0 Å². The van der Waals surface area contributed by atoms with Gasteiger partial charge >= 0.3 is 99.8 Å². The molecule has 0 aromatic heterocycles. The Morgan fingerprint density at radius 2 is 1.20 bits per heavy atom. The Morgan fingerprint density at radius 3 is 1.47 bits per heavy atom. The van der Waals surface area contributed by atoms with Crippen LogP contribution in [0, 0.1) is 0 Å². The van der Waals surface area contributed by atoms with Crippen molar-refractivity contribution >= 4 is 0 Å². The monoisotopic (exact) mass is 237 g/mol. The maximum absolute atomic E-state index is 2.38. The summed E-state index contributed by atoms with van der Waals surface area (Å²) in [6.07, 6.45) is 7.13. The predicted molar refractivity (Wildman–Crippen MR) is 62.1 cm³/mol. The molecule has 0 saturated carbocycles. The van der Waals surface area contributed by atoms with Crippen molar-refractivity contribution in [2.24, 2.45) is 0 Å². The molecule has 15 heavy (non-hydrogen) atoms. The van der Waals surface area contributed by atoms with Gasteiger partial charge in [0, 0.05) is 0 Å². The van der Waals surface area contributed by atoms with Crippen molar-refractivity contribution in [1.29, 1.82) is 0 Å². The quantitative estimate of drug-likeness (QED) is 0.671. The molecule has 2 rings (SSSR count). The first kappa shape index (κ1) is 11.0. The van der Waals surface area contributed by atoms with E-state index in [0.29, 0.717) is 0 Å². The van der Waals surface area contributed by atoms with E-state index in [-0.39, 0.29) is 16.3 Å². The summed E-state index contributed by atoms with van der Waals surface area (Å²) in [5.41, 5.74) is 6.28. The second-order valence-electron chi connectivity index (χ2n) is 4.55.